The van der Waals surface area contributed by atoms with Crippen LogP contribution in [0.1, 0.15) is 16.7 Å². The van der Waals surface area contributed by atoms with Crippen molar-refractivity contribution in [1.29, 1.82) is 0 Å². The van der Waals surface area contributed by atoms with Gasteiger partial charge in [-0.1, -0.05) is 45.1 Å². The molecule has 40 heavy (non-hydrogen) atoms. The lowest BCUT2D eigenvalue weighted by Gasteiger charge is -2.25. The van der Waals surface area contributed by atoms with Gasteiger partial charge in [-0.25, -0.2) is 13.0 Å². The molecular weight excluding hydrogens is 598 g/mol. The number of benzene rings is 2. The minimum Gasteiger partial charge on any atom is -0.394 e. The Hall–Kier alpha value is -3.28. The number of rotatable bonds is 6. The van der Waals surface area contributed by atoms with Crippen LogP contribution in [0.2, 0.25) is 0 Å². The average molecular weight is 614 g/mol. The molecule has 0 N–H and O–H groups in total. The molecule has 5 rings (SSSR count). The monoisotopic (exact) mass is 613 g/mol. The first kappa shape index (κ1) is 29.7. The summed E-state index contributed by atoms with van der Waals surface area (Å²) in [4.78, 5) is 5.08. The number of nitrogens with zero attached hydrogens (tertiary/aromatic N) is 3. The zero-order valence-electron chi connectivity index (χ0n) is 19.7. The summed E-state index contributed by atoms with van der Waals surface area (Å²) in [6.07, 6.45) is -11.1. The summed E-state index contributed by atoms with van der Waals surface area (Å²) in [6.45, 7) is 0. The van der Waals surface area contributed by atoms with E-state index in [0.29, 0.717) is 4.47 Å². The second-order valence-corrected chi connectivity index (χ2v) is 8.99. The first-order chi connectivity index (χ1) is 18.2. The summed E-state index contributed by atoms with van der Waals surface area (Å²) in [5.74, 6) is -5.16. The van der Waals surface area contributed by atoms with Crippen molar-refractivity contribution in [1.82, 2.24) is 14.8 Å². The molecule has 0 saturated carbocycles. The van der Waals surface area contributed by atoms with Crippen molar-refractivity contribution in [3.63, 3.8) is 0 Å². The summed E-state index contributed by atoms with van der Waals surface area (Å²) >= 11 is -0.228. The van der Waals surface area contributed by atoms with E-state index in [0.717, 1.165) is 25.2 Å². The van der Waals surface area contributed by atoms with Crippen molar-refractivity contribution in [2.45, 2.75) is 24.9 Å². The predicted molar refractivity (Wildman–Crippen MR) is 129 cm³/mol. The van der Waals surface area contributed by atoms with Crippen molar-refractivity contribution in [2.75, 3.05) is 7.05 Å². The smallest absolute Gasteiger partial charge is 0.394 e. The fraction of sp³-hybridized carbons (Fsp3) is 0.217. The lowest BCUT2D eigenvalue weighted by molar-refractivity contribution is -0.269. The second-order valence-electron chi connectivity index (χ2n) is 8.16. The molecule has 2 aromatic heterocycles. The summed E-state index contributed by atoms with van der Waals surface area (Å²) in [5.41, 5.74) is -3.37. The van der Waals surface area contributed by atoms with E-state index in [1.807, 2.05) is 0 Å². The topological polar surface area (TPSA) is 73.8 Å². The average Bonchev–Trinajstić information content (AvgIpc) is 3.47. The Morgan fingerprint density at radius 2 is 1.57 bits per heavy atom. The summed E-state index contributed by atoms with van der Waals surface area (Å²) in [6, 6.07) is 10.5. The van der Waals surface area contributed by atoms with Gasteiger partial charge in [-0.05, 0) is 18.2 Å². The van der Waals surface area contributed by atoms with Gasteiger partial charge in [0.15, 0.2) is 17.2 Å². The number of fused-ring (bicyclic) bond motifs is 3. The van der Waals surface area contributed by atoms with Crippen LogP contribution in [-0.2, 0) is 22.7 Å². The lowest BCUT2D eigenvalue weighted by Crippen LogP contribution is -2.24. The van der Waals surface area contributed by atoms with Crippen LogP contribution in [-0.4, -0.2) is 28.2 Å². The van der Waals surface area contributed by atoms with Gasteiger partial charge in [0.05, 0.1) is 0 Å². The molecule has 17 heteroatoms. The highest BCUT2D eigenvalue weighted by Crippen LogP contribution is 2.51. The maximum atomic E-state index is 15.3. The van der Waals surface area contributed by atoms with E-state index in [4.69, 9.17) is 13.9 Å². The van der Waals surface area contributed by atoms with Crippen LogP contribution in [0, 0.1) is 0 Å². The van der Waals surface area contributed by atoms with Crippen LogP contribution < -0.4 is 4.84 Å². The minimum absolute atomic E-state index is 0. The van der Waals surface area contributed by atoms with E-state index in [9.17, 15) is 26.3 Å². The Morgan fingerprint density at radius 1 is 0.925 bits per heavy atom. The molecular formula is C23H15F8N3O4S2. The van der Waals surface area contributed by atoms with Crippen LogP contribution in [0.4, 0.5) is 35.1 Å². The Balaban J connectivity index is 0.00000370. The van der Waals surface area contributed by atoms with Gasteiger partial charge >= 0.3 is 12.5 Å². The number of hydroxylamine groups is 1. The molecule has 0 radical (unpaired) electrons. The molecule has 0 unspecified atom stereocenters. The second kappa shape index (κ2) is 10.6. The molecule has 0 atom stereocenters. The van der Waals surface area contributed by atoms with Crippen LogP contribution in [0.15, 0.2) is 57.6 Å². The largest absolute Gasteiger partial charge is 0.534 e. The summed E-state index contributed by atoms with van der Waals surface area (Å²) in [5, 5.41) is 7.24. The van der Waals surface area contributed by atoms with Gasteiger partial charge in [-0.3, -0.25) is 0 Å². The number of aromatic nitrogens is 2. The number of hydrogen-bond acceptors (Lipinski definition) is 8. The number of hydrogen-bond donors (Lipinski definition) is 0. The van der Waals surface area contributed by atoms with E-state index < -0.39 is 53.2 Å². The molecule has 0 bridgehead atoms. The van der Waals surface area contributed by atoms with Crippen LogP contribution in [0.25, 0.3) is 34.0 Å². The molecule has 7 nitrogen and oxygen atoms in total. The highest BCUT2D eigenvalue weighted by Gasteiger charge is 2.47. The van der Waals surface area contributed by atoms with Crippen LogP contribution in [0.3, 0.4) is 0 Å². The van der Waals surface area contributed by atoms with Crippen molar-refractivity contribution >= 4 is 25.7 Å². The van der Waals surface area contributed by atoms with E-state index >= 15 is 8.78 Å². The van der Waals surface area contributed by atoms with E-state index in [1.54, 1.807) is 6.07 Å². The first-order valence-electron chi connectivity index (χ1n) is 10.7. The van der Waals surface area contributed by atoms with Gasteiger partial charge in [-0.2, -0.15) is 26.7 Å². The highest BCUT2D eigenvalue weighted by molar-refractivity contribution is 7.92. The Bertz CT molecular complexity index is 1510. The van der Waals surface area contributed by atoms with E-state index in [1.165, 1.54) is 24.3 Å². The fourth-order valence-electron chi connectivity index (χ4n) is 4.03. The van der Waals surface area contributed by atoms with Gasteiger partial charge in [0.2, 0.25) is 0 Å². The molecule has 0 amide bonds. The Morgan fingerprint density at radius 3 is 2.23 bits per heavy atom. The van der Waals surface area contributed by atoms with Crippen LogP contribution >= 0.6 is 25.7 Å². The van der Waals surface area contributed by atoms with E-state index in [2.05, 4.69) is 14.5 Å². The maximum absolute atomic E-state index is 15.3. The summed E-state index contributed by atoms with van der Waals surface area (Å²) in [7, 11) is 1.05. The maximum Gasteiger partial charge on any atom is 0.534 e. The predicted octanol–water partition coefficient (Wildman–Crippen LogP) is 7.77. The standard InChI is InChI=1S/C23H13F8N3O4S.H2S/c1-34(39-38-23(29,30)31)37-12-7-8-13-15(9-12)21(24,25)10-14-17(13)32-36-20(14)18-16(22(26,27)28)19(35-33-18)11-5-3-2-4-6-11;/h2-9H,10H2,1H3;1H2. The van der Waals surface area contributed by atoms with Gasteiger partial charge in [-0.15, -0.1) is 13.2 Å². The molecule has 0 spiro atoms. The van der Waals surface area contributed by atoms with E-state index in [-0.39, 0.29) is 53.9 Å². The van der Waals surface area contributed by atoms with Crippen molar-refractivity contribution in [3.05, 3.63) is 65.2 Å². The lowest BCUT2D eigenvalue weighted by atomic mass is 9.85. The van der Waals surface area contributed by atoms with Gasteiger partial charge in [0.1, 0.15) is 29.2 Å². The number of alkyl halides is 8. The minimum atomic E-state index is -4.98. The van der Waals surface area contributed by atoms with Crippen molar-refractivity contribution in [2.24, 2.45) is 0 Å². The van der Waals surface area contributed by atoms with Gasteiger partial charge < -0.3 is 13.9 Å². The van der Waals surface area contributed by atoms with Gasteiger partial charge in [0, 0.05) is 35.7 Å². The fourth-order valence-corrected chi connectivity index (χ4v) is 4.34. The Labute approximate surface area is 230 Å². The third kappa shape index (κ3) is 5.77. The highest BCUT2D eigenvalue weighted by atomic mass is 32.2. The molecule has 1 aliphatic rings. The third-order valence-electron chi connectivity index (χ3n) is 5.52. The molecule has 2 aromatic carbocycles. The molecule has 0 saturated heterocycles. The molecule has 1 aliphatic carbocycles. The molecule has 4 aromatic rings. The molecule has 0 aliphatic heterocycles. The third-order valence-corrected chi connectivity index (χ3v) is 6.07. The van der Waals surface area contributed by atoms with Crippen LogP contribution in [0.5, 0.6) is 5.75 Å². The zero-order valence-corrected chi connectivity index (χ0v) is 21.5. The number of halogens is 8. The van der Waals surface area contributed by atoms with Crippen molar-refractivity contribution in [3.8, 4) is 39.8 Å². The molecule has 0 fully saturated rings. The normalized spacial score (nSPS) is 14.4. The molecule has 2 heterocycles. The quantitative estimate of drug-likeness (QED) is 0.0946. The van der Waals surface area contributed by atoms with Gasteiger partial charge in [0.25, 0.3) is 5.92 Å². The first-order valence-corrected chi connectivity index (χ1v) is 11.4. The SMILES string of the molecule is CN(Oc1ccc2c(c1)C(F)(F)Cc1c-2noc1-c1noc(-c2ccccc2)c1C(F)(F)F)SOC(F)(F)F.S. The molecule has 214 valence electrons. The Kier molecular flexibility index (Phi) is 7.87. The summed E-state index contributed by atoms with van der Waals surface area (Å²) < 4.78 is 124. The van der Waals surface area contributed by atoms with Crippen molar-refractivity contribution < 1.29 is 53.2 Å². The zero-order chi connectivity index (χ0) is 28.2.